The lowest BCUT2D eigenvalue weighted by atomic mass is 10.4. The molecule has 2 aromatic heterocycles. The third kappa shape index (κ3) is 2.76. The maximum absolute atomic E-state index is 4.34. The summed E-state index contributed by atoms with van der Waals surface area (Å²) in [6.07, 6.45) is 4.74. The van der Waals surface area contributed by atoms with Crippen molar-refractivity contribution in [2.24, 2.45) is 0 Å². The third-order valence-electron chi connectivity index (χ3n) is 2.15. The zero-order valence-electron chi connectivity index (χ0n) is 9.40. The van der Waals surface area contributed by atoms with E-state index in [0.29, 0.717) is 0 Å². The van der Waals surface area contributed by atoms with Crippen molar-refractivity contribution < 1.29 is 0 Å². The van der Waals surface area contributed by atoms with Crippen LogP contribution in [0.5, 0.6) is 0 Å². The van der Waals surface area contributed by atoms with Gasteiger partial charge in [-0.3, -0.25) is 0 Å². The summed E-state index contributed by atoms with van der Waals surface area (Å²) < 4.78 is 0. The van der Waals surface area contributed by atoms with Gasteiger partial charge in [0.05, 0.1) is 6.54 Å². The molecular weight excluding hydrogens is 220 g/mol. The number of thiazole rings is 1. The average molecular weight is 234 g/mol. The predicted molar refractivity (Wildman–Crippen MR) is 65.6 cm³/mol. The molecule has 84 valence electrons. The lowest BCUT2D eigenvalue weighted by Crippen LogP contribution is -2.02. The highest BCUT2D eigenvalue weighted by Gasteiger charge is 2.01. The number of nitrogens with one attached hydrogen (secondary N) is 1. The second-order valence-corrected chi connectivity index (χ2v) is 4.62. The quantitative estimate of drug-likeness (QED) is 0.882. The maximum Gasteiger partial charge on any atom is 0.129 e. The van der Waals surface area contributed by atoms with E-state index in [0.717, 1.165) is 29.6 Å². The molecule has 0 unspecified atom stereocenters. The predicted octanol–water partition coefficient (Wildman–Crippen LogP) is 2.42. The Hall–Kier alpha value is -1.49. The SMILES string of the molecule is CCc1cnc(CNc2ccnc(C)n2)s1. The fourth-order valence-corrected chi connectivity index (χ4v) is 2.12. The number of rotatable bonds is 4. The van der Waals surface area contributed by atoms with Crippen molar-refractivity contribution in [1.29, 1.82) is 0 Å². The molecule has 0 aliphatic rings. The van der Waals surface area contributed by atoms with E-state index in [9.17, 15) is 0 Å². The van der Waals surface area contributed by atoms with Crippen molar-refractivity contribution >= 4 is 17.2 Å². The van der Waals surface area contributed by atoms with Gasteiger partial charge in [-0.25, -0.2) is 15.0 Å². The van der Waals surface area contributed by atoms with E-state index < -0.39 is 0 Å². The van der Waals surface area contributed by atoms with Crippen LogP contribution in [0.25, 0.3) is 0 Å². The molecule has 0 saturated heterocycles. The van der Waals surface area contributed by atoms with Crippen LogP contribution in [0.3, 0.4) is 0 Å². The molecule has 0 aliphatic carbocycles. The van der Waals surface area contributed by atoms with Crippen LogP contribution in [0.2, 0.25) is 0 Å². The summed E-state index contributed by atoms with van der Waals surface area (Å²) in [6.45, 7) is 4.74. The van der Waals surface area contributed by atoms with Gasteiger partial charge in [0.2, 0.25) is 0 Å². The molecule has 16 heavy (non-hydrogen) atoms. The normalized spacial score (nSPS) is 10.4. The van der Waals surface area contributed by atoms with Gasteiger partial charge >= 0.3 is 0 Å². The summed E-state index contributed by atoms with van der Waals surface area (Å²) in [4.78, 5) is 14.0. The van der Waals surface area contributed by atoms with Crippen molar-refractivity contribution in [3.63, 3.8) is 0 Å². The smallest absolute Gasteiger partial charge is 0.129 e. The molecule has 0 radical (unpaired) electrons. The Balaban J connectivity index is 1.96. The Morgan fingerprint density at radius 3 is 2.94 bits per heavy atom. The van der Waals surface area contributed by atoms with Crippen LogP contribution >= 0.6 is 11.3 Å². The van der Waals surface area contributed by atoms with Crippen molar-refractivity contribution in [3.05, 3.63) is 34.2 Å². The Morgan fingerprint density at radius 2 is 2.25 bits per heavy atom. The largest absolute Gasteiger partial charge is 0.363 e. The molecule has 0 spiro atoms. The molecule has 5 heteroatoms. The zero-order valence-corrected chi connectivity index (χ0v) is 10.2. The van der Waals surface area contributed by atoms with Gasteiger partial charge in [-0.05, 0) is 19.4 Å². The molecular formula is C11H14N4S. The van der Waals surface area contributed by atoms with Gasteiger partial charge in [-0.1, -0.05) is 6.92 Å². The van der Waals surface area contributed by atoms with Crippen LogP contribution in [0.4, 0.5) is 5.82 Å². The van der Waals surface area contributed by atoms with E-state index >= 15 is 0 Å². The summed E-state index contributed by atoms with van der Waals surface area (Å²) in [6, 6.07) is 1.86. The number of nitrogens with zero attached hydrogens (tertiary/aromatic N) is 3. The minimum Gasteiger partial charge on any atom is -0.363 e. The molecule has 0 amide bonds. The highest BCUT2D eigenvalue weighted by molar-refractivity contribution is 7.11. The van der Waals surface area contributed by atoms with E-state index in [2.05, 4.69) is 27.2 Å². The molecule has 2 rings (SSSR count). The average Bonchev–Trinajstić information content (AvgIpc) is 2.74. The summed E-state index contributed by atoms with van der Waals surface area (Å²) in [5.74, 6) is 1.62. The fourth-order valence-electron chi connectivity index (χ4n) is 1.31. The number of anilines is 1. The molecule has 2 heterocycles. The van der Waals surface area contributed by atoms with Crippen LogP contribution < -0.4 is 5.32 Å². The Labute approximate surface area is 98.8 Å². The van der Waals surface area contributed by atoms with Gasteiger partial charge in [0.25, 0.3) is 0 Å². The lowest BCUT2D eigenvalue weighted by molar-refractivity contribution is 1.01. The fraction of sp³-hybridized carbons (Fsp3) is 0.364. The maximum atomic E-state index is 4.34. The van der Waals surface area contributed by atoms with E-state index in [4.69, 9.17) is 0 Å². The van der Waals surface area contributed by atoms with Gasteiger partial charge in [-0.2, -0.15) is 0 Å². The van der Waals surface area contributed by atoms with Gasteiger partial charge in [0.1, 0.15) is 16.6 Å². The molecule has 0 aromatic carbocycles. The van der Waals surface area contributed by atoms with Gasteiger partial charge in [-0.15, -0.1) is 11.3 Å². The Morgan fingerprint density at radius 1 is 1.38 bits per heavy atom. The van der Waals surface area contributed by atoms with Gasteiger partial charge in [0, 0.05) is 17.3 Å². The first kappa shape index (κ1) is 11.0. The molecule has 0 aliphatic heterocycles. The minimum absolute atomic E-state index is 0.723. The standard InChI is InChI=1S/C11H14N4S/c1-3-9-6-14-11(16-9)7-13-10-4-5-12-8(2)15-10/h4-6H,3,7H2,1-2H3,(H,12,13,15). The summed E-state index contributed by atoms with van der Waals surface area (Å²) in [7, 11) is 0. The van der Waals surface area contributed by atoms with Crippen LogP contribution in [-0.2, 0) is 13.0 Å². The first-order valence-electron chi connectivity index (χ1n) is 5.25. The van der Waals surface area contributed by atoms with Crippen molar-refractivity contribution in [3.8, 4) is 0 Å². The highest BCUT2D eigenvalue weighted by Crippen LogP contribution is 2.14. The minimum atomic E-state index is 0.723. The second kappa shape index (κ2) is 5.03. The first-order valence-corrected chi connectivity index (χ1v) is 6.06. The Bertz CT molecular complexity index is 467. The number of aromatic nitrogens is 3. The van der Waals surface area contributed by atoms with E-state index in [1.54, 1.807) is 17.5 Å². The Kier molecular flexibility index (Phi) is 3.46. The zero-order chi connectivity index (χ0) is 11.4. The van der Waals surface area contributed by atoms with Crippen LogP contribution in [0.15, 0.2) is 18.5 Å². The van der Waals surface area contributed by atoms with E-state index in [1.165, 1.54) is 4.88 Å². The van der Waals surface area contributed by atoms with Crippen molar-refractivity contribution in [2.75, 3.05) is 5.32 Å². The molecule has 0 fully saturated rings. The molecule has 0 saturated carbocycles. The second-order valence-electron chi connectivity index (χ2n) is 3.42. The summed E-state index contributed by atoms with van der Waals surface area (Å²) in [5, 5.41) is 4.33. The van der Waals surface area contributed by atoms with Crippen LogP contribution in [0.1, 0.15) is 22.6 Å². The van der Waals surface area contributed by atoms with Gasteiger partial charge < -0.3 is 5.32 Å². The molecule has 0 bridgehead atoms. The topological polar surface area (TPSA) is 50.7 Å². The van der Waals surface area contributed by atoms with E-state index in [-0.39, 0.29) is 0 Å². The number of aryl methyl sites for hydroxylation is 2. The molecule has 2 aromatic rings. The molecule has 1 N–H and O–H groups in total. The number of hydrogen-bond donors (Lipinski definition) is 1. The van der Waals surface area contributed by atoms with E-state index in [1.807, 2.05) is 19.2 Å². The van der Waals surface area contributed by atoms with Crippen LogP contribution in [-0.4, -0.2) is 15.0 Å². The first-order chi connectivity index (χ1) is 7.78. The van der Waals surface area contributed by atoms with Crippen molar-refractivity contribution in [1.82, 2.24) is 15.0 Å². The molecule has 4 nitrogen and oxygen atoms in total. The van der Waals surface area contributed by atoms with Crippen molar-refractivity contribution in [2.45, 2.75) is 26.8 Å². The highest BCUT2D eigenvalue weighted by atomic mass is 32.1. The summed E-state index contributed by atoms with van der Waals surface area (Å²) in [5.41, 5.74) is 0. The third-order valence-corrected chi connectivity index (χ3v) is 3.29. The van der Waals surface area contributed by atoms with Crippen LogP contribution in [0, 0.1) is 6.92 Å². The molecule has 0 atom stereocenters. The monoisotopic (exact) mass is 234 g/mol. The van der Waals surface area contributed by atoms with Gasteiger partial charge in [0.15, 0.2) is 0 Å². The summed E-state index contributed by atoms with van der Waals surface area (Å²) >= 11 is 1.74. The lowest BCUT2D eigenvalue weighted by Gasteiger charge is -2.02. The number of hydrogen-bond acceptors (Lipinski definition) is 5.